The van der Waals surface area contributed by atoms with E-state index in [1.165, 1.54) is 12.1 Å². The largest absolute Gasteiger partial charge is 0.380 e. The summed E-state index contributed by atoms with van der Waals surface area (Å²) >= 11 is 5.92. The number of pyridine rings is 1. The van der Waals surface area contributed by atoms with Gasteiger partial charge in [-0.3, -0.25) is 9.59 Å². The van der Waals surface area contributed by atoms with E-state index in [0.29, 0.717) is 29.5 Å². The standard InChI is InChI=1S/C22H22ClFN4O3/c1-31-16-6-7-28(12-16)22(30)18(8-13-2-4-15(24)5-3-13)27-21(29)17-9-14-10-20(23)25-11-19(14)26-17/h2-5,9-11,16,18,26H,6-8,12H2,1H3,(H,27,29)/t16?,18-/m0/s1. The first kappa shape index (κ1) is 21.3. The maximum Gasteiger partial charge on any atom is 0.268 e. The van der Waals surface area contributed by atoms with Crippen molar-refractivity contribution in [2.75, 3.05) is 20.2 Å². The summed E-state index contributed by atoms with van der Waals surface area (Å²) in [6, 6.07) is 8.41. The highest BCUT2D eigenvalue weighted by Crippen LogP contribution is 2.19. The molecule has 7 nitrogen and oxygen atoms in total. The van der Waals surface area contributed by atoms with Gasteiger partial charge in [-0.15, -0.1) is 0 Å². The second-order valence-electron chi connectivity index (χ2n) is 7.56. The number of hydrogen-bond donors (Lipinski definition) is 2. The van der Waals surface area contributed by atoms with Crippen LogP contribution in [0.15, 0.2) is 42.6 Å². The van der Waals surface area contributed by atoms with Crippen molar-refractivity contribution >= 4 is 34.3 Å². The molecule has 2 amide bonds. The molecule has 1 unspecified atom stereocenters. The van der Waals surface area contributed by atoms with Gasteiger partial charge >= 0.3 is 0 Å². The van der Waals surface area contributed by atoms with E-state index in [0.717, 1.165) is 17.4 Å². The lowest BCUT2D eigenvalue weighted by atomic mass is 10.0. The van der Waals surface area contributed by atoms with Crippen molar-refractivity contribution in [3.05, 3.63) is 64.8 Å². The molecule has 162 valence electrons. The van der Waals surface area contributed by atoms with Crippen LogP contribution in [0.25, 0.3) is 10.9 Å². The average Bonchev–Trinajstić information content (AvgIpc) is 3.41. The Morgan fingerprint density at radius 3 is 2.84 bits per heavy atom. The third kappa shape index (κ3) is 4.86. The van der Waals surface area contributed by atoms with Gasteiger partial charge in [-0.25, -0.2) is 9.37 Å². The second kappa shape index (κ2) is 9.03. The van der Waals surface area contributed by atoms with E-state index in [2.05, 4.69) is 15.3 Å². The number of ether oxygens (including phenoxy) is 1. The summed E-state index contributed by atoms with van der Waals surface area (Å²) in [6.07, 6.45) is 2.52. The van der Waals surface area contributed by atoms with E-state index in [4.69, 9.17) is 16.3 Å². The maximum absolute atomic E-state index is 13.3. The number of amides is 2. The zero-order valence-corrected chi connectivity index (χ0v) is 17.7. The summed E-state index contributed by atoms with van der Waals surface area (Å²) < 4.78 is 18.6. The van der Waals surface area contributed by atoms with Gasteiger partial charge < -0.3 is 19.9 Å². The molecule has 2 aromatic heterocycles. The molecule has 0 radical (unpaired) electrons. The fourth-order valence-electron chi connectivity index (χ4n) is 3.76. The highest BCUT2D eigenvalue weighted by Gasteiger charge is 2.32. The molecular formula is C22H22ClFN4O3. The van der Waals surface area contributed by atoms with Gasteiger partial charge in [0.15, 0.2) is 0 Å². The van der Waals surface area contributed by atoms with Crippen molar-refractivity contribution < 1.29 is 18.7 Å². The highest BCUT2D eigenvalue weighted by atomic mass is 35.5. The third-order valence-corrected chi connectivity index (χ3v) is 5.67. The van der Waals surface area contributed by atoms with Crippen LogP contribution in [-0.2, 0) is 16.0 Å². The number of rotatable bonds is 6. The number of aromatic nitrogens is 2. The lowest BCUT2D eigenvalue weighted by Gasteiger charge is -2.24. The summed E-state index contributed by atoms with van der Waals surface area (Å²) in [6.45, 7) is 1.03. The van der Waals surface area contributed by atoms with Crippen LogP contribution < -0.4 is 5.32 Å². The number of H-pyrrole nitrogens is 1. The van der Waals surface area contributed by atoms with Crippen LogP contribution in [-0.4, -0.2) is 59.0 Å². The van der Waals surface area contributed by atoms with E-state index < -0.39 is 11.9 Å². The molecule has 0 spiro atoms. The normalized spacial score (nSPS) is 17.1. The quantitative estimate of drug-likeness (QED) is 0.572. The Balaban J connectivity index is 1.55. The van der Waals surface area contributed by atoms with E-state index in [1.54, 1.807) is 42.5 Å². The number of carbonyl (C=O) groups is 2. The number of likely N-dealkylation sites (tertiary alicyclic amines) is 1. The maximum atomic E-state index is 13.3. The van der Waals surface area contributed by atoms with E-state index in [9.17, 15) is 14.0 Å². The summed E-state index contributed by atoms with van der Waals surface area (Å²) in [5.41, 5.74) is 1.71. The molecule has 3 aromatic rings. The molecule has 2 N–H and O–H groups in total. The molecule has 1 fully saturated rings. The van der Waals surface area contributed by atoms with Crippen LogP contribution in [0.5, 0.6) is 0 Å². The molecular weight excluding hydrogens is 423 g/mol. The van der Waals surface area contributed by atoms with Crippen LogP contribution in [0.3, 0.4) is 0 Å². The van der Waals surface area contributed by atoms with E-state index in [1.807, 2.05) is 0 Å². The molecule has 0 saturated carbocycles. The molecule has 9 heteroatoms. The molecule has 4 rings (SSSR count). The van der Waals surface area contributed by atoms with Gasteiger partial charge in [0.25, 0.3) is 5.91 Å². The number of halogens is 2. The highest BCUT2D eigenvalue weighted by molar-refractivity contribution is 6.30. The number of benzene rings is 1. The Hall–Kier alpha value is -2.97. The minimum Gasteiger partial charge on any atom is -0.380 e. The molecule has 1 aliphatic heterocycles. The van der Waals surface area contributed by atoms with Crippen LogP contribution in [0.4, 0.5) is 4.39 Å². The first-order valence-corrected chi connectivity index (χ1v) is 10.3. The number of aromatic amines is 1. The molecule has 1 aromatic carbocycles. The zero-order chi connectivity index (χ0) is 22.0. The van der Waals surface area contributed by atoms with Gasteiger partial charge in [-0.1, -0.05) is 23.7 Å². The van der Waals surface area contributed by atoms with Crippen LogP contribution >= 0.6 is 11.6 Å². The predicted molar refractivity (Wildman–Crippen MR) is 114 cm³/mol. The fourth-order valence-corrected chi connectivity index (χ4v) is 3.93. The van der Waals surface area contributed by atoms with Gasteiger partial charge in [0, 0.05) is 32.0 Å². The van der Waals surface area contributed by atoms with E-state index in [-0.39, 0.29) is 24.2 Å². The summed E-state index contributed by atoms with van der Waals surface area (Å²) in [5.74, 6) is -0.975. The van der Waals surface area contributed by atoms with Gasteiger partial charge in [-0.2, -0.15) is 0 Å². The first-order valence-electron chi connectivity index (χ1n) is 9.94. The number of fused-ring (bicyclic) bond motifs is 1. The number of methoxy groups -OCH3 is 1. The summed E-state index contributed by atoms with van der Waals surface area (Å²) in [7, 11) is 1.62. The predicted octanol–water partition coefficient (Wildman–Crippen LogP) is 2.94. The minimum absolute atomic E-state index is 0.0166. The van der Waals surface area contributed by atoms with Crippen molar-refractivity contribution in [1.29, 1.82) is 0 Å². The van der Waals surface area contributed by atoms with Gasteiger partial charge in [0.1, 0.15) is 22.7 Å². The lowest BCUT2D eigenvalue weighted by Crippen LogP contribution is -2.49. The van der Waals surface area contributed by atoms with E-state index >= 15 is 0 Å². The van der Waals surface area contributed by atoms with Crippen molar-refractivity contribution in [2.45, 2.75) is 25.0 Å². The van der Waals surface area contributed by atoms with Crippen molar-refractivity contribution in [1.82, 2.24) is 20.2 Å². The fraction of sp³-hybridized carbons (Fsp3) is 0.318. The number of carbonyl (C=O) groups excluding carboxylic acids is 2. The van der Waals surface area contributed by atoms with Gasteiger partial charge in [0.2, 0.25) is 5.91 Å². The Morgan fingerprint density at radius 1 is 1.35 bits per heavy atom. The SMILES string of the molecule is COC1CCN(C(=O)[C@H](Cc2ccc(F)cc2)NC(=O)c2cc3cc(Cl)ncc3[nH]2)C1. The third-order valence-electron chi connectivity index (χ3n) is 5.46. The Kier molecular flexibility index (Phi) is 6.20. The summed E-state index contributed by atoms with van der Waals surface area (Å²) in [4.78, 5) is 34.8. The monoisotopic (exact) mass is 444 g/mol. The zero-order valence-electron chi connectivity index (χ0n) is 16.9. The minimum atomic E-state index is -0.804. The molecule has 0 bridgehead atoms. The number of nitrogens with one attached hydrogen (secondary N) is 2. The van der Waals surface area contributed by atoms with Crippen molar-refractivity contribution in [3.8, 4) is 0 Å². The Morgan fingerprint density at radius 2 is 2.13 bits per heavy atom. The molecule has 1 aliphatic rings. The van der Waals surface area contributed by atoms with Crippen LogP contribution in [0.1, 0.15) is 22.5 Å². The van der Waals surface area contributed by atoms with Crippen molar-refractivity contribution in [2.24, 2.45) is 0 Å². The number of hydrogen-bond acceptors (Lipinski definition) is 4. The topological polar surface area (TPSA) is 87.3 Å². The number of nitrogens with zero attached hydrogens (tertiary/aromatic N) is 2. The Bertz CT molecular complexity index is 1100. The smallest absolute Gasteiger partial charge is 0.268 e. The lowest BCUT2D eigenvalue weighted by molar-refractivity contribution is -0.132. The molecule has 1 saturated heterocycles. The van der Waals surface area contributed by atoms with Crippen molar-refractivity contribution in [3.63, 3.8) is 0 Å². The molecule has 3 heterocycles. The van der Waals surface area contributed by atoms with Gasteiger partial charge in [-0.05, 0) is 36.2 Å². The Labute approximate surface area is 183 Å². The average molecular weight is 445 g/mol. The first-order chi connectivity index (χ1) is 14.9. The molecule has 0 aliphatic carbocycles. The summed E-state index contributed by atoms with van der Waals surface area (Å²) in [5, 5.41) is 3.90. The van der Waals surface area contributed by atoms with Crippen LogP contribution in [0, 0.1) is 5.82 Å². The van der Waals surface area contributed by atoms with Gasteiger partial charge in [0.05, 0.1) is 17.8 Å². The van der Waals surface area contributed by atoms with Crippen LogP contribution in [0.2, 0.25) is 5.15 Å². The second-order valence-corrected chi connectivity index (χ2v) is 7.95. The molecule has 31 heavy (non-hydrogen) atoms. The molecule has 2 atom stereocenters.